The van der Waals surface area contributed by atoms with Crippen molar-refractivity contribution < 1.29 is 13.6 Å². The second-order valence-electron chi connectivity index (χ2n) is 7.33. The molecule has 1 fully saturated rings. The van der Waals surface area contributed by atoms with Crippen molar-refractivity contribution in [2.24, 2.45) is 5.73 Å². The van der Waals surface area contributed by atoms with Gasteiger partial charge in [0.15, 0.2) is 0 Å². The third-order valence-corrected chi connectivity index (χ3v) is 5.32. The maximum atomic E-state index is 13.3. The van der Waals surface area contributed by atoms with E-state index in [-0.39, 0.29) is 30.1 Å². The van der Waals surface area contributed by atoms with Gasteiger partial charge in [0.2, 0.25) is 0 Å². The van der Waals surface area contributed by atoms with Gasteiger partial charge in [-0.25, -0.2) is 13.6 Å². The second-order valence-corrected chi connectivity index (χ2v) is 7.33. The molecule has 1 aliphatic rings. The molecular formula is C22H29ClF2N4O. The molecule has 164 valence electrons. The average molecular weight is 439 g/mol. The van der Waals surface area contributed by atoms with Crippen molar-refractivity contribution >= 4 is 29.8 Å². The van der Waals surface area contributed by atoms with E-state index in [0.717, 1.165) is 56.8 Å². The molecule has 0 radical (unpaired) electrons. The molecule has 8 heteroatoms. The summed E-state index contributed by atoms with van der Waals surface area (Å²) < 4.78 is 26.6. The van der Waals surface area contributed by atoms with Crippen LogP contribution in [0.25, 0.3) is 0 Å². The van der Waals surface area contributed by atoms with E-state index < -0.39 is 0 Å². The Kier molecular flexibility index (Phi) is 9.33. The number of benzene rings is 2. The van der Waals surface area contributed by atoms with Crippen LogP contribution in [-0.4, -0.2) is 55.1 Å². The molecule has 0 aliphatic carbocycles. The van der Waals surface area contributed by atoms with Gasteiger partial charge in [0.05, 0.1) is 0 Å². The van der Waals surface area contributed by atoms with Crippen LogP contribution in [0.4, 0.5) is 25.0 Å². The maximum Gasteiger partial charge on any atom is 0.314 e. The molecule has 3 rings (SSSR count). The highest BCUT2D eigenvalue weighted by Gasteiger charge is 2.18. The molecule has 0 saturated carbocycles. The smallest absolute Gasteiger partial charge is 0.314 e. The quantitative estimate of drug-likeness (QED) is 0.622. The minimum Gasteiger partial charge on any atom is -0.351 e. The first-order valence-electron chi connectivity index (χ1n) is 10.1. The van der Waals surface area contributed by atoms with Crippen molar-refractivity contribution in [3.8, 4) is 0 Å². The number of amides is 2. The summed E-state index contributed by atoms with van der Waals surface area (Å²) in [7, 11) is 0. The van der Waals surface area contributed by atoms with E-state index in [9.17, 15) is 13.6 Å². The third kappa shape index (κ3) is 6.85. The predicted octanol–water partition coefficient (Wildman–Crippen LogP) is 4.39. The molecule has 1 aliphatic heterocycles. The van der Waals surface area contributed by atoms with E-state index in [4.69, 9.17) is 5.73 Å². The fourth-order valence-corrected chi connectivity index (χ4v) is 3.62. The van der Waals surface area contributed by atoms with Crippen molar-refractivity contribution in [2.75, 3.05) is 44.2 Å². The Balaban J connectivity index is 0.00000320. The van der Waals surface area contributed by atoms with E-state index in [1.807, 2.05) is 0 Å². The largest absolute Gasteiger partial charge is 0.351 e. The first-order valence-corrected chi connectivity index (χ1v) is 10.1. The number of unbranched alkanes of at least 4 members (excludes halogenated alkanes) is 2. The summed E-state index contributed by atoms with van der Waals surface area (Å²) in [6.07, 6.45) is 3.09. The second kappa shape index (κ2) is 11.7. The average Bonchev–Trinajstić information content (AvgIpc) is 2.73. The van der Waals surface area contributed by atoms with Crippen LogP contribution in [0.3, 0.4) is 0 Å². The fourth-order valence-electron chi connectivity index (χ4n) is 3.62. The molecule has 0 unspecified atom stereocenters. The summed E-state index contributed by atoms with van der Waals surface area (Å²) in [4.78, 5) is 17.3. The number of rotatable bonds is 8. The number of urea groups is 1. The molecule has 5 nitrogen and oxygen atoms in total. The number of carbonyl (C=O) groups excluding carboxylic acids is 1. The predicted molar refractivity (Wildman–Crippen MR) is 119 cm³/mol. The number of anilines is 2. The number of hydrogen-bond donors (Lipinski definition) is 1. The van der Waals surface area contributed by atoms with Gasteiger partial charge in [-0.15, -0.1) is 12.4 Å². The summed E-state index contributed by atoms with van der Waals surface area (Å²) in [5.41, 5.74) is 7.09. The molecular weight excluding hydrogens is 410 g/mol. The Bertz CT molecular complexity index is 735. The van der Waals surface area contributed by atoms with Crippen LogP contribution in [0.1, 0.15) is 19.3 Å². The highest BCUT2D eigenvalue weighted by atomic mass is 35.5. The van der Waals surface area contributed by atoms with E-state index in [2.05, 4.69) is 9.80 Å². The first kappa shape index (κ1) is 23.9. The SMILES string of the molecule is Cl.NC(=O)N1CCN(CCCCCN(c2ccc(F)cc2)c2ccc(F)cc2)CC1. The minimum absolute atomic E-state index is 0. The summed E-state index contributed by atoms with van der Waals surface area (Å²) in [5, 5.41) is 0. The van der Waals surface area contributed by atoms with E-state index in [1.165, 1.54) is 24.3 Å². The highest BCUT2D eigenvalue weighted by molar-refractivity contribution is 5.85. The van der Waals surface area contributed by atoms with E-state index in [0.29, 0.717) is 13.1 Å². The Morgan fingerprint density at radius 1 is 0.833 bits per heavy atom. The lowest BCUT2D eigenvalue weighted by atomic mass is 10.1. The molecule has 0 atom stereocenters. The van der Waals surface area contributed by atoms with Crippen LogP contribution in [0.2, 0.25) is 0 Å². The van der Waals surface area contributed by atoms with Crippen molar-refractivity contribution in [3.63, 3.8) is 0 Å². The zero-order valence-electron chi connectivity index (χ0n) is 17.0. The molecule has 2 N–H and O–H groups in total. The van der Waals surface area contributed by atoms with Gasteiger partial charge in [0, 0.05) is 44.1 Å². The number of nitrogens with zero attached hydrogens (tertiary/aromatic N) is 3. The lowest BCUT2D eigenvalue weighted by molar-refractivity contribution is 0.143. The number of hydrogen-bond acceptors (Lipinski definition) is 3. The maximum absolute atomic E-state index is 13.3. The number of piperazine rings is 1. The van der Waals surface area contributed by atoms with Crippen LogP contribution >= 0.6 is 12.4 Å². The topological polar surface area (TPSA) is 52.8 Å². The Labute approximate surface area is 182 Å². The summed E-state index contributed by atoms with van der Waals surface area (Å²) in [6.45, 7) is 4.88. The molecule has 0 aromatic heterocycles. The van der Waals surface area contributed by atoms with Crippen LogP contribution in [-0.2, 0) is 0 Å². The summed E-state index contributed by atoms with van der Waals surface area (Å²) in [6, 6.07) is 12.4. The van der Waals surface area contributed by atoms with E-state index in [1.54, 1.807) is 29.2 Å². The summed E-state index contributed by atoms with van der Waals surface area (Å²) >= 11 is 0. The number of halogens is 3. The first-order chi connectivity index (χ1) is 14.0. The summed E-state index contributed by atoms with van der Waals surface area (Å²) in [5.74, 6) is -0.548. The molecule has 2 amide bonds. The lowest BCUT2D eigenvalue weighted by Crippen LogP contribution is -2.50. The molecule has 0 bridgehead atoms. The Morgan fingerprint density at radius 2 is 1.33 bits per heavy atom. The highest BCUT2D eigenvalue weighted by Crippen LogP contribution is 2.26. The zero-order valence-corrected chi connectivity index (χ0v) is 17.8. The van der Waals surface area contributed by atoms with Crippen LogP contribution in [0, 0.1) is 11.6 Å². The van der Waals surface area contributed by atoms with Crippen LogP contribution < -0.4 is 10.6 Å². The van der Waals surface area contributed by atoms with Gasteiger partial charge in [0.25, 0.3) is 0 Å². The monoisotopic (exact) mass is 438 g/mol. The lowest BCUT2D eigenvalue weighted by Gasteiger charge is -2.33. The molecule has 2 aromatic carbocycles. The van der Waals surface area contributed by atoms with Gasteiger partial charge in [-0.05, 0) is 67.9 Å². The fraction of sp³-hybridized carbons (Fsp3) is 0.409. The van der Waals surface area contributed by atoms with Gasteiger partial charge in [-0.3, -0.25) is 4.90 Å². The van der Waals surface area contributed by atoms with Gasteiger partial charge in [-0.1, -0.05) is 6.42 Å². The molecule has 2 aromatic rings. The number of nitrogens with two attached hydrogens (primary N) is 1. The number of carbonyl (C=O) groups is 1. The Morgan fingerprint density at radius 3 is 1.80 bits per heavy atom. The van der Waals surface area contributed by atoms with Crippen LogP contribution in [0.15, 0.2) is 48.5 Å². The molecule has 1 saturated heterocycles. The van der Waals surface area contributed by atoms with Crippen molar-refractivity contribution in [1.82, 2.24) is 9.80 Å². The standard InChI is InChI=1S/C22H28F2N4O.ClH/c23-18-4-8-20(9-5-18)28(21-10-6-19(24)7-11-21)13-3-1-2-12-26-14-16-27(17-15-26)22(25)29;/h4-11H,1-3,12-17H2,(H2,25,29);1H. The van der Waals surface area contributed by atoms with Gasteiger partial charge in [0.1, 0.15) is 11.6 Å². The van der Waals surface area contributed by atoms with Crippen LogP contribution in [0.5, 0.6) is 0 Å². The third-order valence-electron chi connectivity index (χ3n) is 5.32. The minimum atomic E-state index is -0.341. The van der Waals surface area contributed by atoms with E-state index >= 15 is 0 Å². The Hall–Kier alpha value is -2.38. The molecule has 0 spiro atoms. The van der Waals surface area contributed by atoms with Gasteiger partial charge >= 0.3 is 6.03 Å². The van der Waals surface area contributed by atoms with Gasteiger partial charge < -0.3 is 15.5 Å². The van der Waals surface area contributed by atoms with Crippen molar-refractivity contribution in [3.05, 3.63) is 60.2 Å². The molecule has 1 heterocycles. The zero-order chi connectivity index (χ0) is 20.6. The van der Waals surface area contributed by atoms with Crippen molar-refractivity contribution in [1.29, 1.82) is 0 Å². The van der Waals surface area contributed by atoms with Gasteiger partial charge in [-0.2, -0.15) is 0 Å². The number of primary amides is 1. The normalized spacial score (nSPS) is 14.3. The van der Waals surface area contributed by atoms with Crippen molar-refractivity contribution in [2.45, 2.75) is 19.3 Å². The molecule has 30 heavy (non-hydrogen) atoms.